The fourth-order valence-corrected chi connectivity index (χ4v) is 5.41. The second-order valence-electron chi connectivity index (χ2n) is 7.66. The maximum atomic E-state index is 12.6. The standard InChI is InChI=1S/C21H30N4O2S/c22-21(23)24-12-8-17-9-13-25(14-10-17)16-28(26,27)15-11-19-6-3-5-18-4-1-2-7-20(18)19/h1-7,17H,8-16H2,(H4,22,23,24). The Morgan fingerprint density at radius 3 is 2.61 bits per heavy atom. The summed E-state index contributed by atoms with van der Waals surface area (Å²) in [4.78, 5) is 2.06. The Balaban J connectivity index is 1.47. The van der Waals surface area contributed by atoms with Crippen molar-refractivity contribution >= 4 is 26.6 Å². The van der Waals surface area contributed by atoms with Crippen LogP contribution in [0.15, 0.2) is 42.5 Å². The zero-order valence-corrected chi connectivity index (χ0v) is 17.0. The molecule has 0 atom stereocenters. The van der Waals surface area contributed by atoms with Gasteiger partial charge in [0.2, 0.25) is 0 Å². The number of hydrogen-bond donors (Lipinski definition) is 3. The molecule has 0 radical (unpaired) electrons. The number of sulfone groups is 1. The summed E-state index contributed by atoms with van der Waals surface area (Å²) < 4.78 is 25.3. The van der Waals surface area contributed by atoms with E-state index in [1.54, 1.807) is 0 Å². The second kappa shape index (κ2) is 9.39. The highest BCUT2D eigenvalue weighted by molar-refractivity contribution is 7.91. The fourth-order valence-electron chi connectivity index (χ4n) is 3.93. The molecule has 0 spiro atoms. The van der Waals surface area contributed by atoms with Crippen LogP contribution in [0.25, 0.3) is 10.8 Å². The minimum Gasteiger partial charge on any atom is -0.370 e. The largest absolute Gasteiger partial charge is 0.370 e. The van der Waals surface area contributed by atoms with Crippen LogP contribution < -0.4 is 11.1 Å². The van der Waals surface area contributed by atoms with Crippen LogP contribution in [0.2, 0.25) is 0 Å². The van der Waals surface area contributed by atoms with Crippen molar-refractivity contribution in [3.05, 3.63) is 48.0 Å². The molecule has 28 heavy (non-hydrogen) atoms. The molecule has 0 aliphatic carbocycles. The molecule has 152 valence electrons. The molecule has 1 saturated heterocycles. The van der Waals surface area contributed by atoms with E-state index in [0.29, 0.717) is 18.9 Å². The lowest BCUT2D eigenvalue weighted by molar-refractivity contribution is 0.202. The summed E-state index contributed by atoms with van der Waals surface area (Å²) in [5, 5.41) is 12.3. The number of nitrogens with one attached hydrogen (secondary N) is 2. The molecule has 6 nitrogen and oxygen atoms in total. The molecular weight excluding hydrogens is 372 g/mol. The summed E-state index contributed by atoms with van der Waals surface area (Å²) in [5.74, 6) is 0.913. The molecule has 2 aromatic rings. The van der Waals surface area contributed by atoms with Gasteiger partial charge in [-0.3, -0.25) is 10.3 Å². The normalized spacial score (nSPS) is 16.3. The van der Waals surface area contributed by atoms with Crippen LogP contribution in [-0.2, 0) is 16.3 Å². The molecule has 1 heterocycles. The monoisotopic (exact) mass is 402 g/mol. The van der Waals surface area contributed by atoms with Gasteiger partial charge >= 0.3 is 0 Å². The van der Waals surface area contributed by atoms with E-state index < -0.39 is 9.84 Å². The number of likely N-dealkylation sites (tertiary alicyclic amines) is 1. The van der Waals surface area contributed by atoms with E-state index in [1.807, 2.05) is 24.3 Å². The topological polar surface area (TPSA) is 99.3 Å². The minimum absolute atomic E-state index is 0.00900. The van der Waals surface area contributed by atoms with E-state index in [4.69, 9.17) is 11.1 Å². The average molecular weight is 403 g/mol. The van der Waals surface area contributed by atoms with Gasteiger partial charge in [0.25, 0.3) is 0 Å². The van der Waals surface area contributed by atoms with Gasteiger partial charge in [-0.15, -0.1) is 0 Å². The Kier molecular flexibility index (Phi) is 6.91. The van der Waals surface area contributed by atoms with Crippen LogP contribution in [0.1, 0.15) is 24.8 Å². The molecule has 4 N–H and O–H groups in total. The van der Waals surface area contributed by atoms with Gasteiger partial charge in [-0.2, -0.15) is 0 Å². The highest BCUT2D eigenvalue weighted by atomic mass is 32.2. The van der Waals surface area contributed by atoms with E-state index in [1.165, 1.54) is 0 Å². The maximum Gasteiger partial charge on any atom is 0.185 e. The van der Waals surface area contributed by atoms with Crippen LogP contribution in [0, 0.1) is 11.3 Å². The predicted molar refractivity (Wildman–Crippen MR) is 115 cm³/mol. The van der Waals surface area contributed by atoms with Crippen molar-refractivity contribution in [3.8, 4) is 0 Å². The molecule has 1 aliphatic rings. The number of nitrogens with zero attached hydrogens (tertiary/aromatic N) is 1. The first-order valence-corrected chi connectivity index (χ1v) is 11.7. The van der Waals surface area contributed by atoms with Crippen molar-refractivity contribution in [2.75, 3.05) is 31.3 Å². The van der Waals surface area contributed by atoms with E-state index in [2.05, 4.69) is 28.4 Å². The van der Waals surface area contributed by atoms with Crippen LogP contribution in [-0.4, -0.2) is 50.5 Å². The third-order valence-electron chi connectivity index (χ3n) is 5.52. The zero-order chi connectivity index (χ0) is 20.0. The fraction of sp³-hybridized carbons (Fsp3) is 0.476. The molecule has 1 fully saturated rings. The van der Waals surface area contributed by atoms with Crippen molar-refractivity contribution in [2.24, 2.45) is 11.7 Å². The lowest BCUT2D eigenvalue weighted by Gasteiger charge is -2.31. The van der Waals surface area contributed by atoms with Crippen LogP contribution >= 0.6 is 0 Å². The second-order valence-corrected chi connectivity index (χ2v) is 9.81. The Labute approximate surface area is 167 Å². The first-order chi connectivity index (χ1) is 13.4. The Hall–Kier alpha value is -2.12. The molecular formula is C21H30N4O2S. The highest BCUT2D eigenvalue weighted by Gasteiger charge is 2.23. The van der Waals surface area contributed by atoms with Crippen molar-refractivity contribution in [1.82, 2.24) is 10.2 Å². The van der Waals surface area contributed by atoms with Gasteiger partial charge in [0.1, 0.15) is 5.88 Å². The first kappa shape index (κ1) is 20.6. The van der Waals surface area contributed by atoms with Crippen molar-refractivity contribution in [3.63, 3.8) is 0 Å². The molecule has 0 saturated carbocycles. The van der Waals surface area contributed by atoms with Gasteiger partial charge in [0.05, 0.1) is 5.75 Å². The first-order valence-electron chi connectivity index (χ1n) is 9.90. The summed E-state index contributed by atoms with van der Waals surface area (Å²) in [6.07, 6.45) is 3.52. The van der Waals surface area contributed by atoms with Crippen LogP contribution in [0.4, 0.5) is 0 Å². The van der Waals surface area contributed by atoms with E-state index in [-0.39, 0.29) is 17.6 Å². The smallest absolute Gasteiger partial charge is 0.185 e. The summed E-state index contributed by atoms with van der Waals surface area (Å²) in [5.41, 5.74) is 6.39. The SMILES string of the molecule is N=C(N)NCCC1CCN(CS(=O)(=O)CCc2cccc3ccccc23)CC1. The van der Waals surface area contributed by atoms with Crippen LogP contribution in [0.5, 0.6) is 0 Å². The number of piperidine rings is 1. The van der Waals surface area contributed by atoms with Gasteiger partial charge in [0.15, 0.2) is 15.8 Å². The van der Waals surface area contributed by atoms with Crippen LogP contribution in [0.3, 0.4) is 0 Å². The van der Waals surface area contributed by atoms with Gasteiger partial charge in [-0.05, 0) is 61.0 Å². The number of benzene rings is 2. The van der Waals surface area contributed by atoms with E-state index in [0.717, 1.165) is 48.7 Å². The van der Waals surface area contributed by atoms with Gasteiger partial charge in [0, 0.05) is 6.54 Å². The van der Waals surface area contributed by atoms with Gasteiger partial charge in [-0.25, -0.2) is 8.42 Å². The Morgan fingerprint density at radius 1 is 1.14 bits per heavy atom. The molecule has 0 bridgehead atoms. The third-order valence-corrected chi connectivity index (χ3v) is 7.10. The van der Waals surface area contributed by atoms with Gasteiger partial charge < -0.3 is 11.1 Å². The van der Waals surface area contributed by atoms with Crippen molar-refractivity contribution in [2.45, 2.75) is 25.7 Å². The molecule has 0 unspecified atom stereocenters. The predicted octanol–water partition coefficient (Wildman–Crippen LogP) is 2.34. The number of rotatable bonds is 8. The Morgan fingerprint density at radius 2 is 1.86 bits per heavy atom. The molecule has 2 aromatic carbocycles. The quantitative estimate of drug-likeness (QED) is 0.465. The summed E-state index contributed by atoms with van der Waals surface area (Å²) in [6.45, 7) is 2.35. The zero-order valence-electron chi connectivity index (χ0n) is 16.2. The summed E-state index contributed by atoms with van der Waals surface area (Å²) in [6, 6.07) is 14.2. The van der Waals surface area contributed by atoms with Gasteiger partial charge in [-0.1, -0.05) is 42.5 Å². The molecule has 0 amide bonds. The highest BCUT2D eigenvalue weighted by Crippen LogP contribution is 2.22. The number of fused-ring (bicyclic) bond motifs is 1. The lowest BCUT2D eigenvalue weighted by Crippen LogP contribution is -2.39. The van der Waals surface area contributed by atoms with E-state index >= 15 is 0 Å². The summed E-state index contributed by atoms with van der Waals surface area (Å²) >= 11 is 0. The lowest BCUT2D eigenvalue weighted by atomic mass is 9.94. The maximum absolute atomic E-state index is 12.6. The molecule has 7 heteroatoms. The Bertz CT molecular complexity index is 900. The third kappa shape index (κ3) is 5.94. The number of hydrogen-bond acceptors (Lipinski definition) is 4. The number of aryl methyl sites for hydroxylation is 1. The molecule has 0 aromatic heterocycles. The van der Waals surface area contributed by atoms with Crippen molar-refractivity contribution < 1.29 is 8.42 Å². The number of nitrogens with two attached hydrogens (primary N) is 1. The molecule has 1 aliphatic heterocycles. The van der Waals surface area contributed by atoms with E-state index in [9.17, 15) is 8.42 Å². The molecule has 3 rings (SSSR count). The summed E-state index contributed by atoms with van der Waals surface area (Å²) in [7, 11) is -3.12. The minimum atomic E-state index is -3.12. The average Bonchev–Trinajstić information content (AvgIpc) is 2.67. The van der Waals surface area contributed by atoms with Crippen molar-refractivity contribution in [1.29, 1.82) is 5.41 Å². The number of guanidine groups is 1.